The molecular formula is C28H26FN9O2. The number of imidazole rings is 1. The molecule has 1 aliphatic heterocycles. The first-order chi connectivity index (χ1) is 19.4. The summed E-state index contributed by atoms with van der Waals surface area (Å²) in [6.45, 7) is 7.43. The second-order valence-electron chi connectivity index (χ2n) is 9.43. The average molecular weight is 540 g/mol. The van der Waals surface area contributed by atoms with Crippen LogP contribution in [0.3, 0.4) is 0 Å². The molecule has 0 bridgehead atoms. The highest BCUT2D eigenvalue weighted by molar-refractivity contribution is 5.88. The van der Waals surface area contributed by atoms with Crippen LogP contribution in [-0.4, -0.2) is 66.5 Å². The molecular weight excluding hydrogens is 513 g/mol. The molecule has 2 aromatic carbocycles. The summed E-state index contributed by atoms with van der Waals surface area (Å²) in [6, 6.07) is 8.87. The minimum Gasteiger partial charge on any atom is -0.457 e. The van der Waals surface area contributed by atoms with Crippen LogP contribution in [0.15, 0.2) is 61.8 Å². The lowest BCUT2D eigenvalue weighted by Gasteiger charge is -2.34. The van der Waals surface area contributed by atoms with E-state index in [4.69, 9.17) is 4.74 Å². The second kappa shape index (κ2) is 10.2. The predicted octanol–water partition coefficient (Wildman–Crippen LogP) is 4.12. The van der Waals surface area contributed by atoms with Gasteiger partial charge >= 0.3 is 0 Å². The topological polar surface area (TPSA) is 114 Å². The third-order valence-corrected chi connectivity index (χ3v) is 6.93. The number of ether oxygens (including phenoxy) is 1. The number of benzene rings is 2. The number of fused-ring (bicyclic) bond motifs is 2. The minimum atomic E-state index is -0.472. The molecule has 5 aromatic rings. The van der Waals surface area contributed by atoms with E-state index in [1.807, 2.05) is 34.7 Å². The summed E-state index contributed by atoms with van der Waals surface area (Å²) in [5, 5.41) is 3.07. The van der Waals surface area contributed by atoms with Crippen molar-refractivity contribution in [3.8, 4) is 11.5 Å². The van der Waals surface area contributed by atoms with Crippen molar-refractivity contribution in [3.05, 3.63) is 73.2 Å². The van der Waals surface area contributed by atoms with E-state index in [0.29, 0.717) is 66.0 Å². The lowest BCUT2D eigenvalue weighted by Crippen LogP contribution is -2.48. The largest absolute Gasteiger partial charge is 0.457 e. The van der Waals surface area contributed by atoms with E-state index in [1.165, 1.54) is 12.4 Å². The van der Waals surface area contributed by atoms with Crippen LogP contribution in [0.25, 0.3) is 22.1 Å². The van der Waals surface area contributed by atoms with Gasteiger partial charge in [0.25, 0.3) is 0 Å². The highest BCUT2D eigenvalue weighted by atomic mass is 19.1. The Morgan fingerprint density at radius 2 is 1.90 bits per heavy atom. The summed E-state index contributed by atoms with van der Waals surface area (Å²) in [5.74, 6) is 1.23. The van der Waals surface area contributed by atoms with Gasteiger partial charge in [-0.05, 0) is 37.3 Å². The maximum atomic E-state index is 15.5. The molecule has 6 rings (SSSR count). The summed E-state index contributed by atoms with van der Waals surface area (Å²) in [7, 11) is 1.92. The molecule has 12 heteroatoms. The molecule has 40 heavy (non-hydrogen) atoms. The van der Waals surface area contributed by atoms with Crippen LogP contribution in [0.1, 0.15) is 5.56 Å². The van der Waals surface area contributed by atoms with Gasteiger partial charge in [0, 0.05) is 44.9 Å². The van der Waals surface area contributed by atoms with E-state index in [-0.39, 0.29) is 11.6 Å². The normalized spacial score (nSPS) is 13.6. The SMILES string of the molecule is C=CC(=O)N1CCN(c2ncc3ncnc(Nc4ccc(Oc5ccc6c(c5)ncn6C)c(C)c4F)c3n2)CC1. The van der Waals surface area contributed by atoms with Crippen molar-refractivity contribution in [2.24, 2.45) is 7.05 Å². The molecule has 3 aromatic heterocycles. The fraction of sp³-hybridized carbons (Fsp3) is 0.214. The van der Waals surface area contributed by atoms with Gasteiger partial charge in [-0.15, -0.1) is 0 Å². The molecule has 11 nitrogen and oxygen atoms in total. The average Bonchev–Trinajstić information content (AvgIpc) is 3.36. The molecule has 0 aliphatic carbocycles. The van der Waals surface area contributed by atoms with Gasteiger partial charge in [-0.2, -0.15) is 0 Å². The molecule has 0 saturated carbocycles. The van der Waals surface area contributed by atoms with Gasteiger partial charge < -0.3 is 24.4 Å². The predicted molar refractivity (Wildman–Crippen MR) is 149 cm³/mol. The lowest BCUT2D eigenvalue weighted by molar-refractivity contribution is -0.126. The van der Waals surface area contributed by atoms with E-state index in [1.54, 1.807) is 36.5 Å². The molecule has 0 unspecified atom stereocenters. The molecule has 0 radical (unpaired) electrons. The number of aryl methyl sites for hydroxylation is 1. The highest BCUT2D eigenvalue weighted by Gasteiger charge is 2.22. The fourth-order valence-electron chi connectivity index (χ4n) is 4.65. The van der Waals surface area contributed by atoms with Gasteiger partial charge in [-0.25, -0.2) is 29.3 Å². The number of carbonyl (C=O) groups excluding carboxylic acids is 1. The Labute approximate surface area is 229 Å². The van der Waals surface area contributed by atoms with Gasteiger partial charge in [0.05, 0.1) is 29.2 Å². The van der Waals surface area contributed by atoms with Crippen LogP contribution in [0.5, 0.6) is 11.5 Å². The Balaban J connectivity index is 1.24. The Morgan fingerprint density at radius 1 is 1.07 bits per heavy atom. The van der Waals surface area contributed by atoms with Crippen molar-refractivity contribution in [1.29, 1.82) is 0 Å². The quantitative estimate of drug-likeness (QED) is 0.318. The molecule has 1 aliphatic rings. The first-order valence-corrected chi connectivity index (χ1v) is 12.7. The Morgan fingerprint density at radius 3 is 2.70 bits per heavy atom. The van der Waals surface area contributed by atoms with E-state index < -0.39 is 5.82 Å². The number of hydrogen-bond acceptors (Lipinski definition) is 9. The van der Waals surface area contributed by atoms with Gasteiger partial charge in [-0.1, -0.05) is 6.58 Å². The number of nitrogens with zero attached hydrogens (tertiary/aromatic N) is 8. The van der Waals surface area contributed by atoms with Crippen molar-refractivity contribution in [2.75, 3.05) is 36.4 Å². The monoisotopic (exact) mass is 539 g/mol. The van der Waals surface area contributed by atoms with Crippen LogP contribution >= 0.6 is 0 Å². The molecule has 1 fully saturated rings. The molecule has 1 N–H and O–H groups in total. The molecule has 1 amide bonds. The van der Waals surface area contributed by atoms with Crippen molar-refractivity contribution >= 4 is 45.4 Å². The summed E-state index contributed by atoms with van der Waals surface area (Å²) >= 11 is 0. The fourth-order valence-corrected chi connectivity index (χ4v) is 4.65. The minimum absolute atomic E-state index is 0.0954. The highest BCUT2D eigenvalue weighted by Crippen LogP contribution is 2.33. The first-order valence-electron chi connectivity index (χ1n) is 12.7. The number of rotatable bonds is 6. The van der Waals surface area contributed by atoms with Crippen molar-refractivity contribution in [3.63, 3.8) is 0 Å². The summed E-state index contributed by atoms with van der Waals surface area (Å²) in [4.78, 5) is 37.7. The maximum Gasteiger partial charge on any atom is 0.246 e. The van der Waals surface area contributed by atoms with Crippen molar-refractivity contribution < 1.29 is 13.9 Å². The molecule has 202 valence electrons. The Hall–Kier alpha value is -5.13. The zero-order chi connectivity index (χ0) is 27.8. The smallest absolute Gasteiger partial charge is 0.246 e. The number of carbonyl (C=O) groups is 1. The van der Waals surface area contributed by atoms with Crippen LogP contribution in [0.4, 0.5) is 21.8 Å². The van der Waals surface area contributed by atoms with E-state index in [0.717, 1.165) is 11.0 Å². The summed E-state index contributed by atoms with van der Waals surface area (Å²) in [5.41, 5.74) is 3.31. The standard InChI is InChI=1S/C28H26FN9O2/c1-4-24(39)37-9-11-38(12-10-37)28-30-14-21-26(35-28)27(32-15-31-21)34-19-6-8-23(17(2)25(19)29)40-18-5-7-22-20(13-18)33-16-36(22)3/h4-8,13-16H,1,9-12H2,2-3H3,(H,31,32,34). The van der Waals surface area contributed by atoms with Crippen molar-refractivity contribution in [2.45, 2.75) is 6.92 Å². The van der Waals surface area contributed by atoms with Crippen LogP contribution in [0, 0.1) is 12.7 Å². The van der Waals surface area contributed by atoms with Crippen LogP contribution < -0.4 is 15.0 Å². The molecule has 1 saturated heterocycles. The van der Waals surface area contributed by atoms with Crippen LogP contribution in [0.2, 0.25) is 0 Å². The van der Waals surface area contributed by atoms with Crippen molar-refractivity contribution in [1.82, 2.24) is 34.4 Å². The molecule has 0 atom stereocenters. The number of amides is 1. The van der Waals surface area contributed by atoms with Gasteiger partial charge in [0.1, 0.15) is 28.9 Å². The Bertz CT molecular complexity index is 1760. The van der Waals surface area contributed by atoms with Crippen LogP contribution in [-0.2, 0) is 11.8 Å². The summed E-state index contributed by atoms with van der Waals surface area (Å²) in [6.07, 6.45) is 6.04. The van der Waals surface area contributed by atoms with E-state index in [2.05, 4.69) is 36.8 Å². The van der Waals surface area contributed by atoms with Gasteiger partial charge in [0.2, 0.25) is 11.9 Å². The third kappa shape index (κ3) is 4.64. The van der Waals surface area contributed by atoms with Gasteiger partial charge in [0.15, 0.2) is 11.6 Å². The number of aromatic nitrogens is 6. The van der Waals surface area contributed by atoms with E-state index in [9.17, 15) is 4.79 Å². The second-order valence-corrected chi connectivity index (χ2v) is 9.43. The zero-order valence-corrected chi connectivity index (χ0v) is 22.0. The first kappa shape index (κ1) is 25.2. The number of piperazine rings is 1. The Kier molecular flexibility index (Phi) is 6.42. The number of hydrogen-bond donors (Lipinski definition) is 1. The van der Waals surface area contributed by atoms with E-state index >= 15 is 4.39 Å². The maximum absolute atomic E-state index is 15.5. The number of halogens is 1. The summed E-state index contributed by atoms with van der Waals surface area (Å²) < 4.78 is 23.4. The zero-order valence-electron chi connectivity index (χ0n) is 22.0. The molecule has 0 spiro atoms. The molecule has 4 heterocycles. The third-order valence-electron chi connectivity index (χ3n) is 6.93. The number of anilines is 3. The van der Waals surface area contributed by atoms with Gasteiger partial charge in [-0.3, -0.25) is 4.79 Å². The lowest BCUT2D eigenvalue weighted by atomic mass is 10.1. The number of nitrogens with one attached hydrogen (secondary N) is 1.